The van der Waals surface area contributed by atoms with Crippen LogP contribution < -0.4 is 10.1 Å². The smallest absolute Gasteiger partial charge is 0.234 e. The molecule has 0 atom stereocenters. The van der Waals surface area contributed by atoms with Gasteiger partial charge in [0.05, 0.1) is 39.3 Å². The van der Waals surface area contributed by atoms with Gasteiger partial charge in [-0.05, 0) is 42.5 Å². The average molecular weight is 554 g/mol. The van der Waals surface area contributed by atoms with Gasteiger partial charge in [-0.15, -0.1) is 10.2 Å². The Morgan fingerprint density at radius 1 is 0.971 bits per heavy atom. The van der Waals surface area contributed by atoms with Crippen LogP contribution in [0.15, 0.2) is 65.8 Å². The molecule has 34 heavy (non-hydrogen) atoms. The topological polar surface area (TPSA) is 69.0 Å². The third-order valence-electron chi connectivity index (χ3n) is 4.69. The van der Waals surface area contributed by atoms with Crippen LogP contribution in [0.3, 0.4) is 0 Å². The number of nitrogens with one attached hydrogen (secondary N) is 1. The van der Waals surface area contributed by atoms with Crippen molar-refractivity contribution in [2.24, 2.45) is 0 Å². The number of thioether (sulfide) groups is 1. The van der Waals surface area contributed by atoms with E-state index < -0.39 is 0 Å². The molecule has 0 saturated carbocycles. The predicted octanol–water partition coefficient (Wildman–Crippen LogP) is 7.29. The lowest BCUT2D eigenvalue weighted by molar-refractivity contribution is -0.113. The number of hydrogen-bond donors (Lipinski definition) is 1. The third-order valence-corrected chi connectivity index (χ3v) is 6.80. The number of nitrogens with zero attached hydrogens (tertiary/aromatic N) is 3. The summed E-state index contributed by atoms with van der Waals surface area (Å²) in [5, 5.41) is 13.5. The summed E-state index contributed by atoms with van der Waals surface area (Å²) in [7, 11) is 1.58. The van der Waals surface area contributed by atoms with Crippen LogP contribution in [-0.4, -0.2) is 33.5 Å². The van der Waals surface area contributed by atoms with Crippen molar-refractivity contribution >= 4 is 69.8 Å². The summed E-state index contributed by atoms with van der Waals surface area (Å²) >= 11 is 26.0. The minimum Gasteiger partial charge on any atom is -0.495 e. The van der Waals surface area contributed by atoms with Crippen molar-refractivity contribution in [3.05, 3.63) is 80.8 Å². The molecule has 0 fully saturated rings. The highest BCUT2D eigenvalue weighted by Gasteiger charge is 2.21. The highest BCUT2D eigenvalue weighted by molar-refractivity contribution is 7.99. The van der Waals surface area contributed by atoms with E-state index in [0.717, 1.165) is 0 Å². The maximum absolute atomic E-state index is 12.7. The van der Waals surface area contributed by atoms with Crippen LogP contribution in [0.1, 0.15) is 0 Å². The largest absolute Gasteiger partial charge is 0.495 e. The highest BCUT2D eigenvalue weighted by Crippen LogP contribution is 2.36. The molecular weight excluding hydrogens is 538 g/mol. The lowest BCUT2D eigenvalue weighted by atomic mass is 10.2. The maximum Gasteiger partial charge on any atom is 0.234 e. The van der Waals surface area contributed by atoms with E-state index in [9.17, 15) is 4.79 Å². The van der Waals surface area contributed by atoms with E-state index in [1.165, 1.54) is 11.8 Å². The fraction of sp³-hybridized carbons (Fsp3) is 0.0870. The van der Waals surface area contributed by atoms with Gasteiger partial charge in [-0.25, -0.2) is 0 Å². The monoisotopic (exact) mass is 552 g/mol. The molecule has 4 aromatic rings. The predicted molar refractivity (Wildman–Crippen MR) is 139 cm³/mol. The van der Waals surface area contributed by atoms with Gasteiger partial charge in [0.2, 0.25) is 5.91 Å². The molecule has 3 aromatic carbocycles. The Labute approximate surface area is 220 Å². The van der Waals surface area contributed by atoms with Crippen LogP contribution >= 0.6 is 58.2 Å². The summed E-state index contributed by atoms with van der Waals surface area (Å²) < 4.78 is 7.33. The van der Waals surface area contributed by atoms with Crippen molar-refractivity contribution in [3.8, 4) is 22.8 Å². The minimum atomic E-state index is -0.305. The number of ether oxygens (including phenoxy) is 1. The first-order chi connectivity index (χ1) is 16.4. The minimum absolute atomic E-state index is 0.0309. The Bertz CT molecular complexity index is 1340. The van der Waals surface area contributed by atoms with Gasteiger partial charge in [-0.2, -0.15) is 0 Å². The van der Waals surface area contributed by atoms with Crippen LogP contribution in [-0.2, 0) is 4.79 Å². The van der Waals surface area contributed by atoms with E-state index in [4.69, 9.17) is 51.1 Å². The quantitative estimate of drug-likeness (QED) is 0.243. The van der Waals surface area contributed by atoms with Gasteiger partial charge >= 0.3 is 0 Å². The van der Waals surface area contributed by atoms with E-state index in [1.54, 1.807) is 48.1 Å². The number of anilines is 1. The van der Waals surface area contributed by atoms with Crippen molar-refractivity contribution < 1.29 is 9.53 Å². The maximum atomic E-state index is 12.7. The van der Waals surface area contributed by atoms with Crippen molar-refractivity contribution in [2.75, 3.05) is 18.2 Å². The number of hydrogen-bond acceptors (Lipinski definition) is 5. The van der Waals surface area contributed by atoms with Gasteiger partial charge < -0.3 is 10.1 Å². The fourth-order valence-corrected chi connectivity index (χ4v) is 4.89. The molecule has 0 radical (unpaired) electrons. The Morgan fingerprint density at radius 2 is 1.71 bits per heavy atom. The fourth-order valence-electron chi connectivity index (χ4n) is 3.16. The van der Waals surface area contributed by atoms with E-state index in [1.807, 2.05) is 24.3 Å². The van der Waals surface area contributed by atoms with E-state index >= 15 is 0 Å². The highest BCUT2D eigenvalue weighted by atomic mass is 35.5. The first-order valence-corrected chi connectivity index (χ1v) is 12.3. The van der Waals surface area contributed by atoms with Gasteiger partial charge in [0.15, 0.2) is 11.0 Å². The Kier molecular flexibility index (Phi) is 7.91. The molecule has 1 N–H and O–H groups in total. The molecule has 0 spiro atoms. The number of rotatable bonds is 7. The molecule has 4 rings (SSSR count). The molecule has 0 saturated heterocycles. The van der Waals surface area contributed by atoms with Crippen molar-refractivity contribution in [2.45, 2.75) is 5.16 Å². The second kappa shape index (κ2) is 10.9. The van der Waals surface area contributed by atoms with Crippen LogP contribution in [0, 0.1) is 0 Å². The zero-order valence-corrected chi connectivity index (χ0v) is 21.4. The molecule has 0 aliphatic rings. The SMILES string of the molecule is COc1ccccc1-n1c(SCC(=O)Nc2c(Cl)cccc2Cl)nnc1-c1ccc(Cl)cc1Cl. The van der Waals surface area contributed by atoms with Crippen molar-refractivity contribution in [1.82, 2.24) is 14.8 Å². The summed E-state index contributed by atoms with van der Waals surface area (Å²) in [6.45, 7) is 0. The van der Waals surface area contributed by atoms with Crippen LogP contribution in [0.5, 0.6) is 5.75 Å². The first kappa shape index (κ1) is 24.7. The number of carbonyl (C=O) groups excluding carboxylic acids is 1. The van der Waals surface area contributed by atoms with Crippen molar-refractivity contribution in [1.29, 1.82) is 0 Å². The van der Waals surface area contributed by atoms with Gasteiger partial charge in [0, 0.05) is 10.6 Å². The van der Waals surface area contributed by atoms with Gasteiger partial charge in [0.25, 0.3) is 0 Å². The lowest BCUT2D eigenvalue weighted by Crippen LogP contribution is -2.15. The number of methoxy groups -OCH3 is 1. The Hall–Kier alpha value is -2.42. The molecule has 0 aliphatic heterocycles. The molecular formula is C23H16Cl4N4O2S. The van der Waals surface area contributed by atoms with E-state index in [2.05, 4.69) is 15.5 Å². The second-order valence-corrected chi connectivity index (χ2v) is 9.47. The van der Waals surface area contributed by atoms with Crippen molar-refractivity contribution in [3.63, 3.8) is 0 Å². The standard InChI is InChI=1S/C23H16Cl4N4O2S/c1-33-19-8-3-2-7-18(19)31-22(14-10-9-13(24)11-17(14)27)29-30-23(31)34-12-20(32)28-21-15(25)5-4-6-16(21)26/h2-11H,12H2,1H3,(H,28,32). The van der Waals surface area contributed by atoms with E-state index in [0.29, 0.717) is 53.8 Å². The number of para-hydroxylation sites is 3. The zero-order chi connectivity index (χ0) is 24.2. The molecule has 174 valence electrons. The molecule has 6 nitrogen and oxygen atoms in total. The number of carbonyl (C=O) groups is 1. The summed E-state index contributed by atoms with van der Waals surface area (Å²) in [6, 6.07) is 17.5. The number of halogens is 4. The summed E-state index contributed by atoms with van der Waals surface area (Å²) in [4.78, 5) is 12.7. The average Bonchev–Trinajstić information content (AvgIpc) is 3.23. The third kappa shape index (κ3) is 5.29. The number of benzene rings is 3. The summed E-state index contributed by atoms with van der Waals surface area (Å²) in [6.07, 6.45) is 0. The molecule has 1 heterocycles. The van der Waals surface area contributed by atoms with Gasteiger partial charge in [-0.3, -0.25) is 9.36 Å². The molecule has 0 bridgehead atoms. The molecule has 0 unspecified atom stereocenters. The number of aromatic nitrogens is 3. The Balaban J connectivity index is 1.69. The molecule has 1 amide bonds. The van der Waals surface area contributed by atoms with Crippen LogP contribution in [0.4, 0.5) is 5.69 Å². The molecule has 0 aliphatic carbocycles. The Morgan fingerprint density at radius 3 is 2.41 bits per heavy atom. The van der Waals surface area contributed by atoms with Crippen LogP contribution in [0.2, 0.25) is 20.1 Å². The molecule has 11 heteroatoms. The van der Waals surface area contributed by atoms with Crippen LogP contribution in [0.25, 0.3) is 17.1 Å². The summed E-state index contributed by atoms with van der Waals surface area (Å²) in [5.74, 6) is 0.801. The van der Waals surface area contributed by atoms with Gasteiger partial charge in [0.1, 0.15) is 5.75 Å². The normalized spacial score (nSPS) is 10.9. The number of amides is 1. The second-order valence-electron chi connectivity index (χ2n) is 6.87. The summed E-state index contributed by atoms with van der Waals surface area (Å²) in [5.41, 5.74) is 1.67. The van der Waals surface area contributed by atoms with E-state index in [-0.39, 0.29) is 11.7 Å². The first-order valence-electron chi connectivity index (χ1n) is 9.80. The zero-order valence-electron chi connectivity index (χ0n) is 17.6. The van der Waals surface area contributed by atoms with Gasteiger partial charge in [-0.1, -0.05) is 76.4 Å². The molecule has 1 aromatic heterocycles. The lowest BCUT2D eigenvalue weighted by Gasteiger charge is -2.14.